The summed E-state index contributed by atoms with van der Waals surface area (Å²) in [5, 5.41) is 6.00. The van der Waals surface area contributed by atoms with Gasteiger partial charge in [0.05, 0.1) is 11.4 Å². The molecule has 0 aliphatic rings. The third kappa shape index (κ3) is 4.48. The van der Waals surface area contributed by atoms with E-state index in [4.69, 9.17) is 5.73 Å². The summed E-state index contributed by atoms with van der Waals surface area (Å²) in [7, 11) is 0. The van der Waals surface area contributed by atoms with Crippen molar-refractivity contribution in [1.82, 2.24) is 0 Å². The first-order valence-corrected chi connectivity index (χ1v) is 7.26. The zero-order chi connectivity index (χ0) is 15.9. The maximum Gasteiger partial charge on any atom is 0.224 e. The molecule has 22 heavy (non-hydrogen) atoms. The summed E-state index contributed by atoms with van der Waals surface area (Å²) in [4.78, 5) is 11.6. The van der Waals surface area contributed by atoms with Gasteiger partial charge in [-0.2, -0.15) is 0 Å². The summed E-state index contributed by atoms with van der Waals surface area (Å²) in [6.07, 6.45) is 1.27. The first kappa shape index (κ1) is 15.8. The van der Waals surface area contributed by atoms with Crippen molar-refractivity contribution >= 4 is 23.0 Å². The standard InChI is InChI=1S/C17H20FN3O/c1-2-3-17(22)21-16-9-8-14(10-15(16)19)20-11-12-4-6-13(18)7-5-12/h4-10,20H,2-3,11,19H2,1H3,(H,21,22). The van der Waals surface area contributed by atoms with Gasteiger partial charge in [-0.05, 0) is 42.3 Å². The molecule has 0 saturated carbocycles. The molecule has 4 N–H and O–H groups in total. The molecular formula is C17H20FN3O. The number of carbonyl (C=O) groups excluding carboxylic acids is 1. The van der Waals surface area contributed by atoms with Gasteiger partial charge >= 0.3 is 0 Å². The van der Waals surface area contributed by atoms with E-state index in [9.17, 15) is 9.18 Å². The molecule has 0 heterocycles. The number of anilines is 3. The lowest BCUT2D eigenvalue weighted by Gasteiger charge is -2.11. The summed E-state index contributed by atoms with van der Waals surface area (Å²) in [6, 6.07) is 11.7. The molecule has 0 spiro atoms. The van der Waals surface area contributed by atoms with Crippen molar-refractivity contribution in [2.75, 3.05) is 16.4 Å². The van der Waals surface area contributed by atoms with Crippen LogP contribution in [0.1, 0.15) is 25.3 Å². The number of nitrogens with one attached hydrogen (secondary N) is 2. The minimum atomic E-state index is -0.250. The van der Waals surface area contributed by atoms with Crippen molar-refractivity contribution < 1.29 is 9.18 Å². The topological polar surface area (TPSA) is 67.2 Å². The molecule has 2 aromatic carbocycles. The summed E-state index contributed by atoms with van der Waals surface area (Å²) in [5.41, 5.74) is 8.89. The Bertz CT molecular complexity index is 641. The lowest BCUT2D eigenvalue weighted by atomic mass is 10.2. The number of hydrogen-bond acceptors (Lipinski definition) is 3. The fourth-order valence-corrected chi connectivity index (χ4v) is 2.03. The maximum atomic E-state index is 12.8. The normalized spacial score (nSPS) is 10.3. The minimum absolute atomic E-state index is 0.0405. The first-order valence-electron chi connectivity index (χ1n) is 7.26. The first-order chi connectivity index (χ1) is 10.6. The van der Waals surface area contributed by atoms with E-state index in [0.717, 1.165) is 17.7 Å². The van der Waals surface area contributed by atoms with Crippen LogP contribution in [-0.4, -0.2) is 5.91 Å². The van der Waals surface area contributed by atoms with E-state index < -0.39 is 0 Å². The molecule has 0 atom stereocenters. The van der Waals surface area contributed by atoms with Crippen LogP contribution in [-0.2, 0) is 11.3 Å². The van der Waals surface area contributed by atoms with Crippen LogP contribution in [0.3, 0.4) is 0 Å². The van der Waals surface area contributed by atoms with E-state index in [1.54, 1.807) is 24.3 Å². The van der Waals surface area contributed by atoms with Gasteiger partial charge in [-0.3, -0.25) is 4.79 Å². The van der Waals surface area contributed by atoms with Gasteiger partial charge in [0.25, 0.3) is 0 Å². The number of carbonyl (C=O) groups is 1. The molecule has 0 fully saturated rings. The van der Waals surface area contributed by atoms with Gasteiger partial charge in [0.2, 0.25) is 5.91 Å². The third-order valence-corrected chi connectivity index (χ3v) is 3.21. The molecular weight excluding hydrogens is 281 g/mol. The number of rotatable bonds is 6. The smallest absolute Gasteiger partial charge is 0.224 e. The summed E-state index contributed by atoms with van der Waals surface area (Å²) in [5.74, 6) is -0.290. The number of hydrogen-bond donors (Lipinski definition) is 3. The predicted molar refractivity (Wildman–Crippen MR) is 88.1 cm³/mol. The molecule has 0 aromatic heterocycles. The Morgan fingerprint density at radius 3 is 2.55 bits per heavy atom. The number of benzene rings is 2. The summed E-state index contributed by atoms with van der Waals surface area (Å²) in [6.45, 7) is 2.52. The highest BCUT2D eigenvalue weighted by Crippen LogP contribution is 2.23. The van der Waals surface area contributed by atoms with E-state index in [1.807, 2.05) is 13.0 Å². The molecule has 0 radical (unpaired) electrons. The fourth-order valence-electron chi connectivity index (χ4n) is 2.03. The summed E-state index contributed by atoms with van der Waals surface area (Å²) < 4.78 is 12.8. The molecule has 2 rings (SSSR count). The summed E-state index contributed by atoms with van der Waals surface area (Å²) >= 11 is 0. The Kier molecular flexibility index (Phi) is 5.36. The number of halogens is 1. The average molecular weight is 301 g/mol. The van der Waals surface area contributed by atoms with E-state index in [-0.39, 0.29) is 11.7 Å². The Morgan fingerprint density at radius 2 is 1.91 bits per heavy atom. The lowest BCUT2D eigenvalue weighted by Crippen LogP contribution is -2.12. The molecule has 2 aromatic rings. The van der Waals surface area contributed by atoms with Crippen molar-refractivity contribution in [3.8, 4) is 0 Å². The van der Waals surface area contributed by atoms with Crippen LogP contribution < -0.4 is 16.4 Å². The van der Waals surface area contributed by atoms with Crippen LogP contribution in [0.15, 0.2) is 42.5 Å². The second-order valence-corrected chi connectivity index (χ2v) is 5.08. The van der Waals surface area contributed by atoms with Crippen LogP contribution in [0, 0.1) is 5.82 Å². The van der Waals surface area contributed by atoms with E-state index in [1.165, 1.54) is 12.1 Å². The van der Waals surface area contributed by atoms with Crippen LogP contribution in [0.5, 0.6) is 0 Å². The quantitative estimate of drug-likeness (QED) is 0.712. The highest BCUT2D eigenvalue weighted by Gasteiger charge is 2.05. The Hall–Kier alpha value is -2.56. The van der Waals surface area contributed by atoms with Crippen LogP contribution in [0.25, 0.3) is 0 Å². The van der Waals surface area contributed by atoms with E-state index >= 15 is 0 Å². The molecule has 116 valence electrons. The average Bonchev–Trinajstić information content (AvgIpc) is 2.49. The molecule has 0 saturated heterocycles. The van der Waals surface area contributed by atoms with Crippen LogP contribution in [0.2, 0.25) is 0 Å². The van der Waals surface area contributed by atoms with Gasteiger partial charge in [0.15, 0.2) is 0 Å². The Morgan fingerprint density at radius 1 is 1.18 bits per heavy atom. The SMILES string of the molecule is CCCC(=O)Nc1ccc(NCc2ccc(F)cc2)cc1N. The second-order valence-electron chi connectivity index (χ2n) is 5.08. The van der Waals surface area contributed by atoms with Gasteiger partial charge in [0.1, 0.15) is 5.82 Å². The van der Waals surface area contributed by atoms with Gasteiger partial charge in [-0.25, -0.2) is 4.39 Å². The van der Waals surface area contributed by atoms with Crippen molar-refractivity contribution in [3.63, 3.8) is 0 Å². The number of nitrogen functional groups attached to an aromatic ring is 1. The largest absolute Gasteiger partial charge is 0.397 e. The molecule has 0 unspecified atom stereocenters. The molecule has 5 heteroatoms. The highest BCUT2D eigenvalue weighted by atomic mass is 19.1. The highest BCUT2D eigenvalue weighted by molar-refractivity contribution is 5.94. The maximum absolute atomic E-state index is 12.8. The van der Waals surface area contributed by atoms with Crippen molar-refractivity contribution in [3.05, 3.63) is 53.8 Å². The van der Waals surface area contributed by atoms with Crippen molar-refractivity contribution in [2.45, 2.75) is 26.3 Å². The van der Waals surface area contributed by atoms with E-state index in [0.29, 0.717) is 24.3 Å². The number of amides is 1. The van der Waals surface area contributed by atoms with Gasteiger partial charge in [0, 0.05) is 18.7 Å². The monoisotopic (exact) mass is 301 g/mol. The fraction of sp³-hybridized carbons (Fsp3) is 0.235. The second kappa shape index (κ2) is 7.45. The minimum Gasteiger partial charge on any atom is -0.397 e. The molecule has 1 amide bonds. The van der Waals surface area contributed by atoms with Gasteiger partial charge < -0.3 is 16.4 Å². The van der Waals surface area contributed by atoms with Crippen molar-refractivity contribution in [2.24, 2.45) is 0 Å². The number of nitrogens with two attached hydrogens (primary N) is 1. The van der Waals surface area contributed by atoms with Crippen molar-refractivity contribution in [1.29, 1.82) is 0 Å². The predicted octanol–water partition coefficient (Wildman–Crippen LogP) is 3.76. The van der Waals surface area contributed by atoms with Gasteiger partial charge in [-0.15, -0.1) is 0 Å². The zero-order valence-electron chi connectivity index (χ0n) is 12.5. The molecule has 4 nitrogen and oxygen atoms in total. The lowest BCUT2D eigenvalue weighted by molar-refractivity contribution is -0.116. The molecule has 0 bridgehead atoms. The van der Waals surface area contributed by atoms with Crippen LogP contribution >= 0.6 is 0 Å². The third-order valence-electron chi connectivity index (χ3n) is 3.21. The van der Waals surface area contributed by atoms with Gasteiger partial charge in [-0.1, -0.05) is 19.1 Å². The van der Waals surface area contributed by atoms with E-state index in [2.05, 4.69) is 10.6 Å². The zero-order valence-corrected chi connectivity index (χ0v) is 12.5. The Labute approximate surface area is 129 Å². The Balaban J connectivity index is 1.97. The molecule has 0 aliphatic carbocycles. The molecule has 0 aliphatic heterocycles. The van der Waals surface area contributed by atoms with Crippen LogP contribution in [0.4, 0.5) is 21.5 Å².